The van der Waals surface area contributed by atoms with E-state index in [4.69, 9.17) is 4.74 Å². The van der Waals surface area contributed by atoms with Crippen molar-refractivity contribution in [1.82, 2.24) is 10.3 Å². The predicted octanol–water partition coefficient (Wildman–Crippen LogP) is 3.85. The normalized spacial score (nSPS) is 18.6. The molecule has 0 aromatic heterocycles. The van der Waals surface area contributed by atoms with E-state index in [0.717, 1.165) is 29.8 Å². The highest BCUT2D eigenvalue weighted by Crippen LogP contribution is 2.33. The number of carbonyl (C=O) groups excluding carboxylic acids is 2. The molecule has 28 heavy (non-hydrogen) atoms. The van der Waals surface area contributed by atoms with E-state index in [0.29, 0.717) is 30.8 Å². The molecule has 0 bridgehead atoms. The van der Waals surface area contributed by atoms with Crippen molar-refractivity contribution < 1.29 is 14.3 Å². The summed E-state index contributed by atoms with van der Waals surface area (Å²) >= 11 is 0. The van der Waals surface area contributed by atoms with Crippen molar-refractivity contribution in [3.63, 3.8) is 0 Å². The standard InChI is InChI=1S/C22H23N3O3/c26-20-22(13-7-2-8-14-22)24-21(27)25(20)23-15-18-11-5-6-12-19(18)28-16-17-9-3-1-4-10-17/h1,3-6,9-12,15H,2,7-8,13-14,16H2,(H,24,27)/b23-15-. The number of urea groups is 1. The fraction of sp³-hybridized carbons (Fsp3) is 0.318. The Hall–Kier alpha value is -3.15. The van der Waals surface area contributed by atoms with Gasteiger partial charge >= 0.3 is 6.03 Å². The van der Waals surface area contributed by atoms with Gasteiger partial charge in [0.25, 0.3) is 5.91 Å². The van der Waals surface area contributed by atoms with Gasteiger partial charge in [-0.3, -0.25) is 4.79 Å². The summed E-state index contributed by atoms with van der Waals surface area (Å²) in [6.07, 6.45) is 5.86. The van der Waals surface area contributed by atoms with Crippen molar-refractivity contribution in [3.05, 3.63) is 65.7 Å². The van der Waals surface area contributed by atoms with Gasteiger partial charge in [0.1, 0.15) is 17.9 Å². The Kier molecular flexibility index (Phi) is 5.10. The van der Waals surface area contributed by atoms with Crippen LogP contribution in [0.5, 0.6) is 5.75 Å². The highest BCUT2D eigenvalue weighted by Gasteiger charge is 2.51. The molecule has 1 saturated heterocycles. The number of hydrogen-bond acceptors (Lipinski definition) is 4. The largest absolute Gasteiger partial charge is 0.488 e. The van der Waals surface area contributed by atoms with Crippen LogP contribution in [0.1, 0.15) is 43.2 Å². The van der Waals surface area contributed by atoms with Crippen LogP contribution in [0.15, 0.2) is 59.7 Å². The number of nitrogens with zero attached hydrogens (tertiary/aromatic N) is 2. The van der Waals surface area contributed by atoms with Crippen LogP contribution in [0.25, 0.3) is 0 Å². The van der Waals surface area contributed by atoms with Gasteiger partial charge in [0.05, 0.1) is 6.21 Å². The van der Waals surface area contributed by atoms with Crippen molar-refractivity contribution in [2.24, 2.45) is 5.10 Å². The van der Waals surface area contributed by atoms with Crippen LogP contribution in [-0.4, -0.2) is 28.7 Å². The van der Waals surface area contributed by atoms with Crippen LogP contribution in [0.4, 0.5) is 4.79 Å². The quantitative estimate of drug-likeness (QED) is 0.635. The number of carbonyl (C=O) groups is 2. The number of hydrazone groups is 1. The highest BCUT2D eigenvalue weighted by atomic mass is 16.5. The molecule has 3 amide bonds. The Morgan fingerprint density at radius 3 is 2.50 bits per heavy atom. The van der Waals surface area contributed by atoms with Crippen LogP contribution in [-0.2, 0) is 11.4 Å². The van der Waals surface area contributed by atoms with E-state index >= 15 is 0 Å². The summed E-state index contributed by atoms with van der Waals surface area (Å²) in [5.41, 5.74) is 1.00. The lowest BCUT2D eigenvalue weighted by Crippen LogP contribution is -2.48. The Morgan fingerprint density at radius 2 is 1.71 bits per heavy atom. The van der Waals surface area contributed by atoms with Crippen molar-refractivity contribution in [3.8, 4) is 5.75 Å². The van der Waals surface area contributed by atoms with Crippen molar-refractivity contribution in [1.29, 1.82) is 0 Å². The number of ether oxygens (including phenoxy) is 1. The van der Waals surface area contributed by atoms with Gasteiger partial charge in [0.2, 0.25) is 0 Å². The molecule has 4 rings (SSSR count). The number of benzene rings is 2. The molecular weight excluding hydrogens is 354 g/mol. The van der Waals surface area contributed by atoms with Gasteiger partial charge in [-0.15, -0.1) is 5.01 Å². The number of hydrogen-bond donors (Lipinski definition) is 1. The molecular formula is C22H23N3O3. The molecule has 1 heterocycles. The third-order valence-electron chi connectivity index (χ3n) is 5.32. The van der Waals surface area contributed by atoms with E-state index in [2.05, 4.69) is 10.4 Å². The Bertz CT molecular complexity index is 889. The molecule has 144 valence electrons. The average Bonchev–Trinajstić information content (AvgIpc) is 2.96. The van der Waals surface area contributed by atoms with Crippen LogP contribution in [0, 0.1) is 0 Å². The monoisotopic (exact) mass is 377 g/mol. The van der Waals surface area contributed by atoms with Crippen molar-refractivity contribution >= 4 is 18.2 Å². The molecule has 6 heteroatoms. The Morgan fingerprint density at radius 1 is 1.00 bits per heavy atom. The summed E-state index contributed by atoms with van der Waals surface area (Å²) < 4.78 is 5.91. The lowest BCUT2D eigenvalue weighted by atomic mass is 9.82. The second-order valence-corrected chi connectivity index (χ2v) is 7.25. The number of rotatable bonds is 5. The Balaban J connectivity index is 1.49. The SMILES string of the molecule is O=C1NC2(CCCCC2)C(=O)N1/N=C\c1ccccc1OCc1ccccc1. The average molecular weight is 377 g/mol. The van der Waals surface area contributed by atoms with Crippen LogP contribution < -0.4 is 10.1 Å². The Labute approximate surface area is 164 Å². The zero-order chi connectivity index (χ0) is 19.4. The molecule has 0 radical (unpaired) electrons. The number of para-hydroxylation sites is 1. The molecule has 1 aliphatic carbocycles. The highest BCUT2D eigenvalue weighted by molar-refractivity contribution is 6.07. The van der Waals surface area contributed by atoms with Crippen molar-refractivity contribution in [2.45, 2.75) is 44.2 Å². The molecule has 6 nitrogen and oxygen atoms in total. The summed E-state index contributed by atoms with van der Waals surface area (Å²) in [7, 11) is 0. The maximum Gasteiger partial charge on any atom is 0.346 e. The number of nitrogens with one attached hydrogen (secondary N) is 1. The fourth-order valence-electron chi connectivity index (χ4n) is 3.78. The molecule has 1 spiro atoms. The van der Waals surface area contributed by atoms with Gasteiger partial charge in [-0.25, -0.2) is 4.79 Å². The zero-order valence-corrected chi connectivity index (χ0v) is 15.6. The van der Waals surface area contributed by atoms with Crippen LogP contribution in [0.2, 0.25) is 0 Å². The van der Waals surface area contributed by atoms with Crippen LogP contribution >= 0.6 is 0 Å². The van der Waals surface area contributed by atoms with Crippen LogP contribution in [0.3, 0.4) is 0 Å². The molecule has 0 atom stereocenters. The summed E-state index contributed by atoms with van der Waals surface area (Å²) in [6, 6.07) is 16.9. The van der Waals surface area contributed by atoms with Gasteiger partial charge in [0, 0.05) is 5.56 Å². The summed E-state index contributed by atoms with van der Waals surface area (Å²) in [6.45, 7) is 0.429. The summed E-state index contributed by atoms with van der Waals surface area (Å²) in [4.78, 5) is 25.1. The first-order chi connectivity index (χ1) is 13.7. The molecule has 1 N–H and O–H groups in total. The maximum absolute atomic E-state index is 12.8. The lowest BCUT2D eigenvalue weighted by Gasteiger charge is -2.29. The van der Waals surface area contributed by atoms with Gasteiger partial charge in [-0.1, -0.05) is 61.7 Å². The lowest BCUT2D eigenvalue weighted by molar-refractivity contribution is -0.132. The molecule has 2 fully saturated rings. The molecule has 2 aliphatic rings. The number of amides is 3. The third kappa shape index (κ3) is 3.63. The molecule has 1 aliphatic heterocycles. The molecule has 2 aromatic rings. The maximum atomic E-state index is 12.8. The number of imide groups is 1. The van der Waals surface area contributed by atoms with E-state index in [-0.39, 0.29) is 5.91 Å². The van der Waals surface area contributed by atoms with Gasteiger partial charge in [-0.05, 0) is 30.5 Å². The first-order valence-corrected chi connectivity index (χ1v) is 9.64. The topological polar surface area (TPSA) is 71.0 Å². The van der Waals surface area contributed by atoms with Gasteiger partial charge in [0.15, 0.2) is 0 Å². The first-order valence-electron chi connectivity index (χ1n) is 9.64. The predicted molar refractivity (Wildman–Crippen MR) is 106 cm³/mol. The molecule has 2 aromatic carbocycles. The third-order valence-corrected chi connectivity index (χ3v) is 5.32. The van der Waals surface area contributed by atoms with E-state index < -0.39 is 11.6 Å². The summed E-state index contributed by atoms with van der Waals surface area (Å²) in [5, 5.41) is 8.00. The van der Waals surface area contributed by atoms with Gasteiger partial charge < -0.3 is 10.1 Å². The van der Waals surface area contributed by atoms with E-state index in [1.54, 1.807) is 0 Å². The zero-order valence-electron chi connectivity index (χ0n) is 15.6. The van der Waals surface area contributed by atoms with E-state index in [1.807, 2.05) is 54.6 Å². The molecule has 0 unspecified atom stereocenters. The van der Waals surface area contributed by atoms with E-state index in [1.165, 1.54) is 6.21 Å². The minimum atomic E-state index is -0.768. The molecule has 1 saturated carbocycles. The fourth-order valence-corrected chi connectivity index (χ4v) is 3.78. The second kappa shape index (κ2) is 7.84. The van der Waals surface area contributed by atoms with Gasteiger partial charge in [-0.2, -0.15) is 5.10 Å². The summed E-state index contributed by atoms with van der Waals surface area (Å²) in [5.74, 6) is 0.394. The first kappa shape index (κ1) is 18.2. The smallest absolute Gasteiger partial charge is 0.346 e. The van der Waals surface area contributed by atoms with Crippen molar-refractivity contribution in [2.75, 3.05) is 0 Å². The van der Waals surface area contributed by atoms with E-state index in [9.17, 15) is 9.59 Å². The second-order valence-electron chi connectivity index (χ2n) is 7.25. The minimum Gasteiger partial charge on any atom is -0.488 e. The minimum absolute atomic E-state index is 0.254.